The van der Waals surface area contributed by atoms with Gasteiger partial charge in [0.25, 0.3) is 0 Å². The van der Waals surface area contributed by atoms with Crippen LogP contribution in [-0.2, 0) is 6.61 Å². The van der Waals surface area contributed by atoms with Gasteiger partial charge in [0.15, 0.2) is 11.6 Å². The molecule has 0 bridgehead atoms. The Hall–Kier alpha value is -0.870. The van der Waals surface area contributed by atoms with Gasteiger partial charge >= 0.3 is 0 Å². The Kier molecular flexibility index (Phi) is 4.18. The molecule has 0 heterocycles. The molecule has 0 unspecified atom stereocenters. The molecule has 0 aromatic heterocycles. The van der Waals surface area contributed by atoms with Crippen molar-refractivity contribution in [2.24, 2.45) is 0 Å². The molecular formula is C13H9Br2FO. The molecule has 0 atom stereocenters. The third-order valence-corrected chi connectivity index (χ3v) is 3.16. The third-order valence-electron chi connectivity index (χ3n) is 2.18. The van der Waals surface area contributed by atoms with Crippen LogP contribution >= 0.6 is 31.9 Å². The standard InChI is InChI=1S/C13H9Br2FO/c14-10-3-1-2-9(6-10)8-17-13-5-4-11(15)7-12(13)16/h1-7H,8H2. The first-order chi connectivity index (χ1) is 8.15. The molecule has 88 valence electrons. The highest BCUT2D eigenvalue weighted by Gasteiger charge is 2.04. The summed E-state index contributed by atoms with van der Waals surface area (Å²) in [5.41, 5.74) is 0.988. The number of ether oxygens (including phenoxy) is 1. The molecule has 0 N–H and O–H groups in total. The predicted octanol–water partition coefficient (Wildman–Crippen LogP) is 4.93. The first-order valence-electron chi connectivity index (χ1n) is 4.97. The summed E-state index contributed by atoms with van der Waals surface area (Å²) >= 11 is 6.58. The van der Waals surface area contributed by atoms with E-state index in [4.69, 9.17) is 4.74 Å². The molecule has 0 spiro atoms. The zero-order valence-electron chi connectivity index (χ0n) is 8.79. The molecule has 0 saturated carbocycles. The summed E-state index contributed by atoms with van der Waals surface area (Å²) in [4.78, 5) is 0. The summed E-state index contributed by atoms with van der Waals surface area (Å²) in [6.07, 6.45) is 0. The van der Waals surface area contributed by atoms with Crippen LogP contribution in [0.15, 0.2) is 51.4 Å². The fraction of sp³-hybridized carbons (Fsp3) is 0.0769. The minimum Gasteiger partial charge on any atom is -0.486 e. The molecule has 0 aliphatic heterocycles. The van der Waals surface area contributed by atoms with Gasteiger partial charge in [0.2, 0.25) is 0 Å². The van der Waals surface area contributed by atoms with E-state index in [-0.39, 0.29) is 11.6 Å². The van der Waals surface area contributed by atoms with Crippen molar-refractivity contribution in [1.29, 1.82) is 0 Å². The van der Waals surface area contributed by atoms with Crippen LogP contribution in [0.3, 0.4) is 0 Å². The molecular weight excluding hydrogens is 351 g/mol. The number of benzene rings is 2. The van der Waals surface area contributed by atoms with Gasteiger partial charge in [0, 0.05) is 8.95 Å². The van der Waals surface area contributed by atoms with Gasteiger partial charge in [0.05, 0.1) is 0 Å². The van der Waals surface area contributed by atoms with E-state index in [9.17, 15) is 4.39 Å². The lowest BCUT2D eigenvalue weighted by Crippen LogP contribution is -1.97. The zero-order chi connectivity index (χ0) is 12.3. The highest BCUT2D eigenvalue weighted by atomic mass is 79.9. The topological polar surface area (TPSA) is 9.23 Å². The predicted molar refractivity (Wildman–Crippen MR) is 72.6 cm³/mol. The molecule has 0 saturated heterocycles. The first-order valence-corrected chi connectivity index (χ1v) is 6.56. The summed E-state index contributed by atoms with van der Waals surface area (Å²) in [7, 11) is 0. The molecule has 4 heteroatoms. The van der Waals surface area contributed by atoms with E-state index in [0.29, 0.717) is 11.1 Å². The van der Waals surface area contributed by atoms with Crippen molar-refractivity contribution < 1.29 is 9.13 Å². The van der Waals surface area contributed by atoms with Gasteiger partial charge in [0.1, 0.15) is 6.61 Å². The Morgan fingerprint density at radius 3 is 2.47 bits per heavy atom. The van der Waals surface area contributed by atoms with Crippen molar-refractivity contribution in [2.45, 2.75) is 6.61 Å². The summed E-state index contributed by atoms with van der Waals surface area (Å²) in [5.74, 6) is -0.109. The smallest absolute Gasteiger partial charge is 0.166 e. The molecule has 2 rings (SSSR count). The highest BCUT2D eigenvalue weighted by molar-refractivity contribution is 9.10. The molecule has 0 amide bonds. The van der Waals surface area contributed by atoms with E-state index in [1.165, 1.54) is 6.07 Å². The first kappa shape index (κ1) is 12.6. The lowest BCUT2D eigenvalue weighted by molar-refractivity contribution is 0.290. The molecule has 0 aliphatic carbocycles. The Bertz CT molecular complexity index is 529. The van der Waals surface area contributed by atoms with Crippen LogP contribution in [0.25, 0.3) is 0 Å². The van der Waals surface area contributed by atoms with Gasteiger partial charge in [-0.1, -0.05) is 44.0 Å². The fourth-order valence-corrected chi connectivity index (χ4v) is 2.16. The summed E-state index contributed by atoms with van der Waals surface area (Å²) in [6, 6.07) is 12.5. The van der Waals surface area contributed by atoms with Crippen LogP contribution in [0.1, 0.15) is 5.56 Å². The lowest BCUT2D eigenvalue weighted by Gasteiger charge is -2.07. The molecule has 17 heavy (non-hydrogen) atoms. The average Bonchev–Trinajstić information content (AvgIpc) is 2.28. The van der Waals surface area contributed by atoms with E-state index in [2.05, 4.69) is 31.9 Å². The van der Waals surface area contributed by atoms with E-state index < -0.39 is 0 Å². The van der Waals surface area contributed by atoms with Crippen molar-refractivity contribution in [1.82, 2.24) is 0 Å². The van der Waals surface area contributed by atoms with Crippen molar-refractivity contribution in [3.63, 3.8) is 0 Å². The number of hydrogen-bond donors (Lipinski definition) is 0. The maximum Gasteiger partial charge on any atom is 0.166 e. The van der Waals surface area contributed by atoms with Crippen LogP contribution < -0.4 is 4.74 Å². The van der Waals surface area contributed by atoms with E-state index in [0.717, 1.165) is 10.0 Å². The summed E-state index contributed by atoms with van der Waals surface area (Å²) in [5, 5.41) is 0. The minimum atomic E-state index is -0.366. The largest absolute Gasteiger partial charge is 0.486 e. The number of hydrogen-bond acceptors (Lipinski definition) is 1. The quantitative estimate of drug-likeness (QED) is 0.754. The van der Waals surface area contributed by atoms with Gasteiger partial charge in [-0.2, -0.15) is 0 Å². The minimum absolute atomic E-state index is 0.258. The van der Waals surface area contributed by atoms with Crippen LogP contribution in [0, 0.1) is 5.82 Å². The summed E-state index contributed by atoms with van der Waals surface area (Å²) < 4.78 is 20.6. The molecule has 2 aromatic carbocycles. The maximum atomic E-state index is 13.5. The van der Waals surface area contributed by atoms with Crippen LogP contribution in [0.5, 0.6) is 5.75 Å². The molecule has 0 fully saturated rings. The fourth-order valence-electron chi connectivity index (χ4n) is 1.38. The van der Waals surface area contributed by atoms with E-state index in [1.54, 1.807) is 12.1 Å². The number of rotatable bonds is 3. The second-order valence-corrected chi connectivity index (χ2v) is 5.32. The van der Waals surface area contributed by atoms with Crippen LogP contribution in [0.4, 0.5) is 4.39 Å². The van der Waals surface area contributed by atoms with E-state index in [1.807, 2.05) is 24.3 Å². The van der Waals surface area contributed by atoms with Crippen molar-refractivity contribution in [3.8, 4) is 5.75 Å². The van der Waals surface area contributed by atoms with Crippen LogP contribution in [0.2, 0.25) is 0 Å². The Morgan fingerprint density at radius 1 is 1.00 bits per heavy atom. The maximum absolute atomic E-state index is 13.5. The SMILES string of the molecule is Fc1cc(Br)ccc1OCc1cccc(Br)c1. The van der Waals surface area contributed by atoms with Gasteiger partial charge in [-0.25, -0.2) is 4.39 Å². The van der Waals surface area contributed by atoms with Gasteiger partial charge in [-0.15, -0.1) is 0 Å². The third kappa shape index (κ3) is 3.54. The van der Waals surface area contributed by atoms with Crippen LogP contribution in [-0.4, -0.2) is 0 Å². The Morgan fingerprint density at radius 2 is 1.76 bits per heavy atom. The highest BCUT2D eigenvalue weighted by Crippen LogP contribution is 2.22. The van der Waals surface area contributed by atoms with E-state index >= 15 is 0 Å². The zero-order valence-corrected chi connectivity index (χ0v) is 12.0. The Labute approximate surface area is 116 Å². The molecule has 0 aliphatic rings. The number of halogens is 3. The molecule has 2 aromatic rings. The molecule has 0 radical (unpaired) electrons. The monoisotopic (exact) mass is 358 g/mol. The van der Waals surface area contributed by atoms with Crippen molar-refractivity contribution in [3.05, 3.63) is 62.8 Å². The molecule has 1 nitrogen and oxygen atoms in total. The normalized spacial score (nSPS) is 10.3. The van der Waals surface area contributed by atoms with Crippen molar-refractivity contribution >= 4 is 31.9 Å². The van der Waals surface area contributed by atoms with Gasteiger partial charge in [-0.3, -0.25) is 0 Å². The second kappa shape index (κ2) is 5.65. The lowest BCUT2D eigenvalue weighted by atomic mass is 10.2. The van der Waals surface area contributed by atoms with Gasteiger partial charge < -0.3 is 4.74 Å². The van der Waals surface area contributed by atoms with Gasteiger partial charge in [-0.05, 0) is 35.9 Å². The Balaban J connectivity index is 2.07. The van der Waals surface area contributed by atoms with Crippen molar-refractivity contribution in [2.75, 3.05) is 0 Å². The second-order valence-electron chi connectivity index (χ2n) is 3.49. The summed E-state index contributed by atoms with van der Waals surface area (Å²) in [6.45, 7) is 0.345. The average molecular weight is 360 g/mol.